The molecule has 28 heavy (non-hydrogen) atoms. The van der Waals surface area contributed by atoms with Gasteiger partial charge in [0.2, 0.25) is 0 Å². The number of hydrogen-bond donors (Lipinski definition) is 2. The van der Waals surface area contributed by atoms with Gasteiger partial charge in [0.1, 0.15) is 5.58 Å². The fourth-order valence-electron chi connectivity index (χ4n) is 3.00. The van der Waals surface area contributed by atoms with E-state index in [4.69, 9.17) is 4.42 Å². The topological polar surface area (TPSA) is 89.2 Å². The number of hydrazine groups is 1. The Labute approximate surface area is 160 Å². The van der Waals surface area contributed by atoms with E-state index in [2.05, 4.69) is 22.5 Å². The number of benzene rings is 2. The number of aromatic nitrogens is 2. The standard InChI is InChI=1S/C21H18N4O3/c1-3-25-21(27)16-10-6-5-9-15(16)19(24-25)20(26)23-22-13(2)18-12-14-8-4-7-11-17(14)28-18/h4-12,22H,2-3H2,1H3,(H,23,26). The lowest BCUT2D eigenvalue weighted by atomic mass is 10.1. The zero-order valence-electron chi connectivity index (χ0n) is 15.2. The van der Waals surface area contributed by atoms with Gasteiger partial charge in [-0.05, 0) is 25.1 Å². The summed E-state index contributed by atoms with van der Waals surface area (Å²) in [6.07, 6.45) is 0. The molecule has 2 N–H and O–H groups in total. The van der Waals surface area contributed by atoms with Crippen molar-refractivity contribution in [3.8, 4) is 0 Å². The minimum absolute atomic E-state index is 0.155. The molecule has 0 saturated carbocycles. The van der Waals surface area contributed by atoms with E-state index in [1.807, 2.05) is 30.3 Å². The van der Waals surface area contributed by atoms with Crippen molar-refractivity contribution in [2.75, 3.05) is 0 Å². The highest BCUT2D eigenvalue weighted by Gasteiger charge is 2.16. The lowest BCUT2D eigenvalue weighted by molar-refractivity contribution is 0.0937. The number of furan rings is 1. The van der Waals surface area contributed by atoms with Gasteiger partial charge in [-0.15, -0.1) is 0 Å². The molecule has 7 nitrogen and oxygen atoms in total. The van der Waals surface area contributed by atoms with Crippen LogP contribution in [0.5, 0.6) is 0 Å². The van der Waals surface area contributed by atoms with E-state index in [1.165, 1.54) is 4.68 Å². The lowest BCUT2D eigenvalue weighted by Crippen LogP contribution is -2.38. The Morgan fingerprint density at radius 3 is 2.57 bits per heavy atom. The highest BCUT2D eigenvalue weighted by molar-refractivity contribution is 6.04. The summed E-state index contributed by atoms with van der Waals surface area (Å²) < 4.78 is 6.99. The summed E-state index contributed by atoms with van der Waals surface area (Å²) in [5.74, 6) is 0.0357. The van der Waals surface area contributed by atoms with Gasteiger partial charge in [0.05, 0.1) is 11.1 Å². The van der Waals surface area contributed by atoms with Crippen molar-refractivity contribution in [2.24, 2.45) is 0 Å². The van der Waals surface area contributed by atoms with Crippen LogP contribution >= 0.6 is 0 Å². The molecule has 0 atom stereocenters. The molecule has 0 spiro atoms. The molecular formula is C21H18N4O3. The predicted molar refractivity (Wildman–Crippen MR) is 108 cm³/mol. The fourth-order valence-corrected chi connectivity index (χ4v) is 3.00. The monoisotopic (exact) mass is 374 g/mol. The van der Waals surface area contributed by atoms with E-state index < -0.39 is 5.91 Å². The van der Waals surface area contributed by atoms with Crippen LogP contribution < -0.4 is 16.4 Å². The van der Waals surface area contributed by atoms with Crippen LogP contribution in [0.4, 0.5) is 0 Å². The SMILES string of the molecule is C=C(NNC(=O)c1nn(CC)c(=O)c2ccccc12)c1cc2ccccc2o1. The zero-order chi connectivity index (χ0) is 19.7. The molecule has 2 aromatic carbocycles. The molecule has 2 heterocycles. The maximum atomic E-state index is 12.7. The number of carbonyl (C=O) groups is 1. The van der Waals surface area contributed by atoms with Gasteiger partial charge >= 0.3 is 0 Å². The highest BCUT2D eigenvalue weighted by atomic mass is 16.3. The Balaban J connectivity index is 1.59. The quantitative estimate of drug-likeness (QED) is 0.524. The average Bonchev–Trinajstić information content (AvgIpc) is 3.16. The molecule has 0 radical (unpaired) electrons. The van der Waals surface area contributed by atoms with Crippen molar-refractivity contribution >= 4 is 33.3 Å². The summed E-state index contributed by atoms with van der Waals surface area (Å²) in [6.45, 7) is 6.06. The van der Waals surface area contributed by atoms with Crippen LogP contribution in [-0.4, -0.2) is 15.7 Å². The number of para-hydroxylation sites is 1. The first-order chi connectivity index (χ1) is 13.6. The number of aryl methyl sites for hydroxylation is 1. The van der Waals surface area contributed by atoms with Gasteiger partial charge in [-0.3, -0.25) is 20.4 Å². The molecule has 140 valence electrons. The summed E-state index contributed by atoms with van der Waals surface area (Å²) in [5, 5.41) is 6.08. The smallest absolute Gasteiger partial charge is 0.290 e. The second-order valence-corrected chi connectivity index (χ2v) is 6.22. The van der Waals surface area contributed by atoms with Gasteiger partial charge in [-0.2, -0.15) is 5.10 Å². The fraction of sp³-hybridized carbons (Fsp3) is 0.0952. The van der Waals surface area contributed by atoms with Crippen LogP contribution in [-0.2, 0) is 6.54 Å². The Kier molecular flexibility index (Phi) is 4.41. The summed E-state index contributed by atoms with van der Waals surface area (Å²) in [7, 11) is 0. The molecule has 2 aromatic heterocycles. The van der Waals surface area contributed by atoms with E-state index >= 15 is 0 Å². The van der Waals surface area contributed by atoms with Gasteiger partial charge in [0.15, 0.2) is 11.5 Å². The second-order valence-electron chi connectivity index (χ2n) is 6.22. The van der Waals surface area contributed by atoms with Gasteiger partial charge in [0, 0.05) is 17.3 Å². The maximum absolute atomic E-state index is 12.7. The molecule has 0 bridgehead atoms. The summed E-state index contributed by atoms with van der Waals surface area (Å²) in [4.78, 5) is 25.1. The number of nitrogens with one attached hydrogen (secondary N) is 2. The number of rotatable bonds is 5. The number of hydrogen-bond acceptors (Lipinski definition) is 5. The number of amides is 1. The molecule has 1 amide bonds. The summed E-state index contributed by atoms with van der Waals surface area (Å²) >= 11 is 0. The molecular weight excluding hydrogens is 356 g/mol. The number of carbonyl (C=O) groups excluding carboxylic acids is 1. The largest absolute Gasteiger partial charge is 0.454 e. The van der Waals surface area contributed by atoms with E-state index in [0.717, 1.165) is 11.0 Å². The average molecular weight is 374 g/mol. The van der Waals surface area contributed by atoms with Crippen molar-refractivity contribution in [1.29, 1.82) is 0 Å². The lowest BCUT2D eigenvalue weighted by Gasteiger charge is -2.12. The van der Waals surface area contributed by atoms with Gasteiger partial charge in [-0.1, -0.05) is 43.0 Å². The minimum atomic E-state index is -0.476. The molecule has 0 aliphatic rings. The highest BCUT2D eigenvalue weighted by Crippen LogP contribution is 2.22. The Morgan fingerprint density at radius 1 is 1.11 bits per heavy atom. The van der Waals surface area contributed by atoms with Crippen LogP contribution in [0.2, 0.25) is 0 Å². The molecule has 4 aromatic rings. The Bertz CT molecular complexity index is 1240. The van der Waals surface area contributed by atoms with Crippen molar-refractivity contribution in [2.45, 2.75) is 13.5 Å². The number of nitrogens with zero attached hydrogens (tertiary/aromatic N) is 2. The second kappa shape index (κ2) is 7.03. The Hall–Kier alpha value is -3.87. The van der Waals surface area contributed by atoms with Crippen molar-refractivity contribution in [1.82, 2.24) is 20.6 Å². The molecule has 0 unspecified atom stereocenters. The third-order valence-electron chi connectivity index (χ3n) is 4.43. The molecule has 7 heteroatoms. The first kappa shape index (κ1) is 17.5. The van der Waals surface area contributed by atoms with E-state index in [0.29, 0.717) is 28.8 Å². The first-order valence-electron chi connectivity index (χ1n) is 8.82. The molecule has 0 aliphatic heterocycles. The zero-order valence-corrected chi connectivity index (χ0v) is 15.2. The van der Waals surface area contributed by atoms with Gasteiger partial charge in [0.25, 0.3) is 11.5 Å². The van der Waals surface area contributed by atoms with Gasteiger partial charge in [-0.25, -0.2) is 4.68 Å². The van der Waals surface area contributed by atoms with Crippen LogP contribution in [0.25, 0.3) is 27.4 Å². The van der Waals surface area contributed by atoms with Crippen molar-refractivity contribution in [3.05, 3.63) is 83.0 Å². The van der Waals surface area contributed by atoms with Crippen molar-refractivity contribution < 1.29 is 9.21 Å². The molecule has 0 fully saturated rings. The van der Waals surface area contributed by atoms with E-state index in [1.54, 1.807) is 31.2 Å². The predicted octanol–water partition coefficient (Wildman–Crippen LogP) is 3.07. The molecule has 0 aliphatic carbocycles. The van der Waals surface area contributed by atoms with Crippen LogP contribution in [0.1, 0.15) is 23.2 Å². The third-order valence-corrected chi connectivity index (χ3v) is 4.43. The van der Waals surface area contributed by atoms with Crippen LogP contribution in [0, 0.1) is 0 Å². The third kappa shape index (κ3) is 3.03. The van der Waals surface area contributed by atoms with E-state index in [-0.39, 0.29) is 11.3 Å². The minimum Gasteiger partial charge on any atom is -0.454 e. The maximum Gasteiger partial charge on any atom is 0.290 e. The van der Waals surface area contributed by atoms with Crippen LogP contribution in [0.3, 0.4) is 0 Å². The first-order valence-corrected chi connectivity index (χ1v) is 8.82. The summed E-state index contributed by atoms with van der Waals surface area (Å²) in [5.41, 5.74) is 6.40. The van der Waals surface area contributed by atoms with E-state index in [9.17, 15) is 9.59 Å². The van der Waals surface area contributed by atoms with Gasteiger partial charge < -0.3 is 4.42 Å². The normalized spacial score (nSPS) is 10.9. The Morgan fingerprint density at radius 2 is 1.82 bits per heavy atom. The van der Waals surface area contributed by atoms with Crippen LogP contribution in [0.15, 0.2) is 70.4 Å². The molecule has 4 rings (SSSR count). The van der Waals surface area contributed by atoms with Crippen molar-refractivity contribution in [3.63, 3.8) is 0 Å². The summed E-state index contributed by atoms with van der Waals surface area (Å²) in [6, 6.07) is 16.3. The number of fused-ring (bicyclic) bond motifs is 2. The molecule has 0 saturated heterocycles.